The standard InChI is InChI=1S/C19H18O5.C18H16O6.C18H16O5.C17H14O4.C16H12O3.C15H10O2/c1-11-5-7-14-13(9-11)17(20)16(24-14)10-12-6-8-15(21-2)19(23-4)18(12)22-3;1-21-13-7-4-10(17(22-2)18(13)23-3)8-15-16(20)12-6-5-11(19)9-14(12)24-15;1-20-14-9-8-11(17(21-2)18(14)22-3)10-15-16(19)12-6-4-5-7-13(12)23-15;1-19-14-8-7-11(9-15(14)20-2)10-16-17(18)12-5-3-4-6-13(12)21-16;1-18-12-8-6-11(7-9-12)10-15-16(17)13-4-2-3-5-14(13)19-15;16-15-12-8-4-5-9-13(12)17-14(15)10-11-6-2-1-3-7-11/h5-10H,1-4H3;4-9,19H,1-3H3;4-10H,1-3H3;3-10H,1-2H3;2-10H,1H3;1-10H/b16-10-;15-8-;15-10-;16-10-;15-10-;14-10-. The number of phenols is 1. The minimum Gasteiger partial charge on any atom is -0.508 e. The van der Waals surface area contributed by atoms with E-state index in [2.05, 4.69) is 0 Å². The van der Waals surface area contributed by atoms with Crippen molar-refractivity contribution in [2.75, 3.05) is 85.3 Å². The lowest BCUT2D eigenvalue weighted by molar-refractivity contribution is 0.101. The monoisotopic (exact) mass is 1720 g/mol. The molecule has 0 unspecified atom stereocenters. The van der Waals surface area contributed by atoms with E-state index >= 15 is 0 Å². The fourth-order valence-corrected chi connectivity index (χ4v) is 13.8. The first-order chi connectivity index (χ1) is 62.2. The number of Topliss-reactive ketones (excluding diaryl/α,β-unsaturated/α-hetero) is 6. The average molecular weight is 1720 g/mol. The smallest absolute Gasteiger partial charge is 0.231 e. The summed E-state index contributed by atoms with van der Waals surface area (Å²) in [5, 5.41) is 9.51. The van der Waals surface area contributed by atoms with Gasteiger partial charge in [0.15, 0.2) is 80.6 Å². The zero-order valence-electron chi connectivity index (χ0n) is 71.8. The second-order valence-electron chi connectivity index (χ2n) is 27.9. The van der Waals surface area contributed by atoms with Crippen molar-refractivity contribution in [3.63, 3.8) is 0 Å². The van der Waals surface area contributed by atoms with Gasteiger partial charge in [0.1, 0.15) is 46.0 Å². The van der Waals surface area contributed by atoms with Gasteiger partial charge in [-0.2, -0.15) is 0 Å². The summed E-state index contributed by atoms with van der Waals surface area (Å²) in [6, 6.07) is 71.9. The zero-order valence-corrected chi connectivity index (χ0v) is 71.8. The van der Waals surface area contributed by atoms with Gasteiger partial charge in [0.25, 0.3) is 0 Å². The molecule has 6 heterocycles. The second kappa shape index (κ2) is 41.0. The van der Waals surface area contributed by atoms with Crippen molar-refractivity contribution in [3.8, 4) is 109 Å². The maximum Gasteiger partial charge on any atom is 0.231 e. The van der Waals surface area contributed by atoms with Gasteiger partial charge in [0.05, 0.1) is 119 Å². The molecule has 6 aliphatic rings. The summed E-state index contributed by atoms with van der Waals surface area (Å²) in [4.78, 5) is 73.7. The molecular weight excluding hydrogens is 1640 g/mol. The normalized spacial score (nSPS) is 14.7. The number of ketones is 6. The van der Waals surface area contributed by atoms with E-state index in [4.69, 9.17) is 85.3 Å². The number of allylic oxidation sites excluding steroid dienone is 6. The fraction of sp³-hybridized carbons (Fsp3) is 0.126. The van der Waals surface area contributed by atoms with E-state index in [1.165, 1.54) is 68.0 Å². The van der Waals surface area contributed by atoms with Crippen LogP contribution in [0.25, 0.3) is 36.5 Å². The van der Waals surface area contributed by atoms with Crippen molar-refractivity contribution >= 4 is 71.2 Å². The number of ether oxygens (including phenoxy) is 18. The van der Waals surface area contributed by atoms with Crippen molar-refractivity contribution in [2.24, 2.45) is 0 Å². The van der Waals surface area contributed by atoms with E-state index in [9.17, 15) is 33.9 Å². The number of benzene rings is 12. The van der Waals surface area contributed by atoms with Crippen LogP contribution < -0.4 is 85.3 Å². The van der Waals surface area contributed by atoms with Crippen LogP contribution in [-0.2, 0) is 0 Å². The molecule has 0 bridgehead atoms. The molecule has 0 saturated heterocycles. The van der Waals surface area contributed by atoms with E-state index < -0.39 is 0 Å². The quantitative estimate of drug-likeness (QED) is 0.0781. The van der Waals surface area contributed by atoms with Crippen LogP contribution in [0, 0.1) is 6.92 Å². The Kier molecular flexibility index (Phi) is 28.5. The number of carbonyl (C=O) groups excluding carboxylic acids is 6. The minimum atomic E-state index is -0.262. The Labute approximate surface area is 737 Å². The van der Waals surface area contributed by atoms with Gasteiger partial charge in [-0.3, -0.25) is 28.8 Å². The van der Waals surface area contributed by atoms with Crippen LogP contribution in [0.1, 0.15) is 101 Å². The summed E-state index contributed by atoms with van der Waals surface area (Å²) in [6.45, 7) is 1.94. The highest BCUT2D eigenvalue weighted by molar-refractivity contribution is 6.18. The second-order valence-corrected chi connectivity index (χ2v) is 27.9. The average Bonchev–Trinajstić information content (AvgIpc) is 1.59. The van der Waals surface area contributed by atoms with Gasteiger partial charge in [-0.25, -0.2) is 0 Å². The molecule has 12 aromatic rings. The molecule has 0 aromatic heterocycles. The number of hydrogen-bond donors (Lipinski definition) is 1. The van der Waals surface area contributed by atoms with E-state index in [-0.39, 0.29) is 57.7 Å². The Morgan fingerprint density at radius 1 is 0.227 bits per heavy atom. The summed E-state index contributed by atoms with van der Waals surface area (Å²) in [6.07, 6.45) is 10.1. The Morgan fingerprint density at radius 3 is 0.891 bits per heavy atom. The number of carbonyl (C=O) groups is 6. The Bertz CT molecular complexity index is 6380. The highest BCUT2D eigenvalue weighted by Crippen LogP contribution is 2.47. The van der Waals surface area contributed by atoms with Crippen molar-refractivity contribution in [3.05, 3.63) is 350 Å². The third-order valence-electron chi connectivity index (χ3n) is 20.1. The first-order valence-corrected chi connectivity index (χ1v) is 39.4. The van der Waals surface area contributed by atoms with E-state index in [0.29, 0.717) is 165 Å². The number of rotatable bonds is 18. The number of methoxy groups -OCH3 is 12. The van der Waals surface area contributed by atoms with Crippen molar-refractivity contribution in [1.29, 1.82) is 0 Å². The summed E-state index contributed by atoms with van der Waals surface area (Å²) < 4.78 is 97.1. The molecule has 0 atom stereocenters. The zero-order chi connectivity index (χ0) is 90.7. The number of aromatic hydroxyl groups is 1. The van der Waals surface area contributed by atoms with E-state index in [0.717, 1.165) is 28.0 Å². The molecule has 25 nitrogen and oxygen atoms in total. The summed E-state index contributed by atoms with van der Waals surface area (Å²) in [7, 11) is 18.6. The molecule has 6 aliphatic heterocycles. The fourth-order valence-electron chi connectivity index (χ4n) is 13.8. The van der Waals surface area contributed by atoms with Crippen LogP contribution in [0.5, 0.6) is 109 Å². The maximum atomic E-state index is 12.5. The lowest BCUT2D eigenvalue weighted by Crippen LogP contribution is -2.00. The molecule has 12 aromatic carbocycles. The lowest BCUT2D eigenvalue weighted by Gasteiger charge is -2.14. The van der Waals surface area contributed by atoms with Gasteiger partial charge in [-0.1, -0.05) is 109 Å². The molecule has 0 saturated carbocycles. The number of hydrogen-bond acceptors (Lipinski definition) is 25. The number of para-hydroxylation sites is 4. The minimum absolute atomic E-state index is 0.0338. The summed E-state index contributed by atoms with van der Waals surface area (Å²) in [5.74, 6) is 10.6. The predicted octanol–water partition coefficient (Wildman–Crippen LogP) is 19.9. The van der Waals surface area contributed by atoms with Crippen LogP contribution >= 0.6 is 0 Å². The van der Waals surface area contributed by atoms with Crippen LogP contribution in [0.4, 0.5) is 0 Å². The molecule has 0 aliphatic carbocycles. The maximum absolute atomic E-state index is 12.5. The molecule has 0 spiro atoms. The van der Waals surface area contributed by atoms with Crippen LogP contribution in [0.15, 0.2) is 277 Å². The van der Waals surface area contributed by atoms with Crippen molar-refractivity contribution in [2.45, 2.75) is 6.92 Å². The topological polar surface area (TPSA) is 289 Å². The predicted molar refractivity (Wildman–Crippen MR) is 480 cm³/mol. The SMILES string of the molecule is COc1ccc(/C=C2\Oc3cc(O)ccc3C2=O)c(OC)c1OC.COc1ccc(/C=C2\Oc3ccc(C)cc3C2=O)c(OC)c1OC.COc1ccc(/C=C2\Oc3ccccc3C2=O)c(OC)c1OC.COc1ccc(/C=C2\Oc3ccccc3C2=O)cc1.COc1ccc(/C=C2\Oc3ccccc3C2=O)cc1OC.O=C1/C(=C/c2ccccc2)Oc2ccccc21. The Hall–Kier alpha value is -16.7. The Morgan fingerprint density at radius 2 is 0.531 bits per heavy atom. The van der Waals surface area contributed by atoms with Gasteiger partial charge in [0.2, 0.25) is 51.9 Å². The van der Waals surface area contributed by atoms with Gasteiger partial charge >= 0.3 is 0 Å². The largest absolute Gasteiger partial charge is 0.508 e. The van der Waals surface area contributed by atoms with Crippen molar-refractivity contribution in [1.82, 2.24) is 0 Å². The summed E-state index contributed by atoms with van der Waals surface area (Å²) in [5.41, 5.74) is 8.98. The number of aryl methyl sites for hydroxylation is 1. The van der Waals surface area contributed by atoms with Gasteiger partial charge in [-0.05, 0) is 194 Å². The number of fused-ring (bicyclic) bond motifs is 6. The third kappa shape index (κ3) is 19.7. The van der Waals surface area contributed by atoms with E-state index in [1.807, 2.05) is 122 Å². The molecule has 0 radical (unpaired) electrons. The number of phenolic OH excluding ortho intramolecular Hbond substituents is 1. The van der Waals surface area contributed by atoms with Crippen LogP contribution in [0.3, 0.4) is 0 Å². The molecule has 128 heavy (non-hydrogen) atoms. The molecule has 0 fully saturated rings. The molecule has 25 heteroatoms. The van der Waals surface area contributed by atoms with Gasteiger partial charge in [-0.15, -0.1) is 0 Å². The van der Waals surface area contributed by atoms with Crippen molar-refractivity contribution < 1.29 is 119 Å². The molecular formula is C103H86O25. The van der Waals surface area contributed by atoms with Gasteiger partial charge < -0.3 is 90.4 Å². The first-order valence-electron chi connectivity index (χ1n) is 39.4. The molecule has 1 N–H and O–H groups in total. The molecule has 0 amide bonds. The Balaban J connectivity index is 0.000000132. The first kappa shape index (κ1) is 89.1. The summed E-state index contributed by atoms with van der Waals surface area (Å²) >= 11 is 0. The molecule has 648 valence electrons. The lowest BCUT2D eigenvalue weighted by atomic mass is 10.1. The third-order valence-corrected chi connectivity index (χ3v) is 20.1. The van der Waals surface area contributed by atoms with E-state index in [1.54, 1.807) is 181 Å². The van der Waals surface area contributed by atoms with Gasteiger partial charge in [0, 0.05) is 22.8 Å². The van der Waals surface area contributed by atoms with Crippen LogP contribution in [0.2, 0.25) is 0 Å². The van der Waals surface area contributed by atoms with Crippen LogP contribution in [-0.4, -0.2) is 125 Å². The highest BCUT2D eigenvalue weighted by Gasteiger charge is 2.34. The highest BCUT2D eigenvalue weighted by atomic mass is 16.6. The molecule has 18 rings (SSSR count).